The summed E-state index contributed by atoms with van der Waals surface area (Å²) in [5.41, 5.74) is 12.6. The molecule has 0 atom stereocenters. The number of nitrogens with one attached hydrogen (secondary N) is 5. The van der Waals surface area contributed by atoms with E-state index in [1.165, 1.54) is 0 Å². The van der Waals surface area contributed by atoms with Gasteiger partial charge in [-0.1, -0.05) is 24.3 Å². The number of hydrogen-bond donors (Lipinski definition) is 7. The van der Waals surface area contributed by atoms with Gasteiger partial charge in [-0.3, -0.25) is 25.0 Å². The lowest BCUT2D eigenvalue weighted by Crippen LogP contribution is -2.27. The summed E-state index contributed by atoms with van der Waals surface area (Å²) in [5, 5.41) is 23.0. The van der Waals surface area contributed by atoms with Crippen molar-refractivity contribution in [3.05, 3.63) is 145 Å². The Kier molecular flexibility index (Phi) is 15.3. The molecule has 0 aliphatic rings. The summed E-state index contributed by atoms with van der Waals surface area (Å²) in [4.78, 5) is 73.6. The number of benzene rings is 3. The number of anilines is 6. The van der Waals surface area contributed by atoms with Crippen LogP contribution in [0, 0.1) is 0 Å². The van der Waals surface area contributed by atoms with E-state index in [1.54, 1.807) is 178 Å². The van der Waals surface area contributed by atoms with Crippen molar-refractivity contribution in [1.82, 2.24) is 18.3 Å². The molecule has 3 aromatic carbocycles. The number of nitrogens with zero attached hydrogens (tertiary/aromatic N) is 4. The first-order chi connectivity index (χ1) is 33.3. The van der Waals surface area contributed by atoms with Crippen molar-refractivity contribution in [3.8, 4) is 22.3 Å². The highest BCUT2D eigenvalue weighted by molar-refractivity contribution is 6.06. The van der Waals surface area contributed by atoms with Gasteiger partial charge in [-0.25, -0.2) is 14.4 Å². The Balaban J connectivity index is 0.000000237. The highest BCUT2D eigenvalue weighted by Gasteiger charge is 2.21. The molecule has 0 saturated carbocycles. The summed E-state index contributed by atoms with van der Waals surface area (Å²) < 4.78 is 17.0. The number of ether oxygens (including phenoxy) is 2. The van der Waals surface area contributed by atoms with Crippen molar-refractivity contribution in [2.75, 3.05) is 32.3 Å². The van der Waals surface area contributed by atoms with E-state index >= 15 is 0 Å². The van der Waals surface area contributed by atoms with E-state index in [-0.39, 0.29) is 23.4 Å². The third-order valence-corrected chi connectivity index (χ3v) is 10.3. The Labute approximate surface area is 410 Å². The van der Waals surface area contributed by atoms with Crippen LogP contribution in [0.5, 0.6) is 0 Å². The average molecular weight is 967 g/mol. The van der Waals surface area contributed by atoms with Gasteiger partial charge in [-0.15, -0.1) is 0 Å². The average Bonchev–Trinajstić information content (AvgIpc) is 4.05. The van der Waals surface area contributed by atoms with E-state index in [0.717, 1.165) is 22.3 Å². The maximum Gasteiger partial charge on any atom is 0.412 e. The predicted molar refractivity (Wildman–Crippen MR) is 274 cm³/mol. The number of nitrogen functional groups attached to an aromatic ring is 1. The largest absolute Gasteiger partial charge is 0.477 e. The zero-order valence-electron chi connectivity index (χ0n) is 41.1. The van der Waals surface area contributed by atoms with Crippen LogP contribution >= 0.6 is 0 Å². The van der Waals surface area contributed by atoms with Gasteiger partial charge in [0.25, 0.3) is 17.7 Å². The Morgan fingerprint density at radius 1 is 0.423 bits per heavy atom. The number of amides is 5. The number of carboxylic acids is 1. The Morgan fingerprint density at radius 3 is 1.07 bits per heavy atom. The van der Waals surface area contributed by atoms with Crippen LogP contribution in [-0.4, -0.2) is 70.5 Å². The van der Waals surface area contributed by atoms with Crippen LogP contribution in [0.4, 0.5) is 43.7 Å². The molecule has 4 heterocycles. The highest BCUT2D eigenvalue weighted by Crippen LogP contribution is 2.27. The monoisotopic (exact) mass is 966 g/mol. The molecule has 370 valence electrons. The molecule has 71 heavy (non-hydrogen) atoms. The number of carboxylic acid groups (broad SMARTS) is 1. The number of carbonyl (C=O) groups is 6. The van der Waals surface area contributed by atoms with E-state index in [4.69, 9.17) is 15.2 Å². The van der Waals surface area contributed by atoms with E-state index in [2.05, 4.69) is 26.6 Å². The zero-order chi connectivity index (χ0) is 51.9. The number of aromatic nitrogens is 4. The minimum absolute atomic E-state index is 0.192. The lowest BCUT2D eigenvalue weighted by atomic mass is 10.1. The standard InChI is InChI=1S/C29H32N6O4.C23H26N4O5/c1-29(2,3)39-28(38)33-23-15-25(35(5)17-23)27(37)31-21-10-6-18(7-11-21)19-14-24(34(4)16-19)26(36)32-22-12-8-20(30)9-13-22;1-23(2,3)32-22(31)25-17-11-18(27(5)13-17)20(28)24-16-8-6-14(7-9-16)15-10-19(21(29)30)26(4)12-15/h6-17H,30H2,1-5H3,(H,31,37)(H,32,36)(H,33,38);6-13H,1-5H3,(H,24,28)(H,25,31)(H,29,30). The molecule has 4 aromatic heterocycles. The smallest absolute Gasteiger partial charge is 0.412 e. The summed E-state index contributed by atoms with van der Waals surface area (Å²) in [7, 11) is 6.90. The normalized spacial score (nSPS) is 11.1. The summed E-state index contributed by atoms with van der Waals surface area (Å²) in [5.74, 6) is -1.90. The van der Waals surface area contributed by atoms with Gasteiger partial charge in [-0.05, 0) is 125 Å². The molecule has 0 spiro atoms. The third-order valence-electron chi connectivity index (χ3n) is 10.3. The van der Waals surface area contributed by atoms with Crippen molar-refractivity contribution < 1.29 is 43.3 Å². The maximum absolute atomic E-state index is 12.9. The molecular formula is C52H58N10O9. The van der Waals surface area contributed by atoms with Crippen LogP contribution in [0.25, 0.3) is 22.3 Å². The fraction of sp³-hybridized carbons (Fsp3) is 0.231. The highest BCUT2D eigenvalue weighted by atomic mass is 16.6. The number of aromatic carboxylic acids is 1. The van der Waals surface area contributed by atoms with Crippen LogP contribution in [0.2, 0.25) is 0 Å². The number of rotatable bonds is 11. The summed E-state index contributed by atoms with van der Waals surface area (Å²) in [6.45, 7) is 10.6. The van der Waals surface area contributed by atoms with Gasteiger partial charge in [0.1, 0.15) is 34.0 Å². The summed E-state index contributed by atoms with van der Waals surface area (Å²) >= 11 is 0. The van der Waals surface area contributed by atoms with Crippen molar-refractivity contribution in [2.24, 2.45) is 28.2 Å². The molecule has 19 heteroatoms. The second-order valence-corrected chi connectivity index (χ2v) is 18.6. The fourth-order valence-electron chi connectivity index (χ4n) is 7.09. The van der Waals surface area contributed by atoms with Crippen molar-refractivity contribution in [3.63, 3.8) is 0 Å². The van der Waals surface area contributed by atoms with Crippen LogP contribution in [0.3, 0.4) is 0 Å². The molecule has 0 aliphatic carbocycles. The lowest BCUT2D eigenvalue weighted by Gasteiger charge is -2.19. The molecule has 8 N–H and O–H groups in total. The van der Waals surface area contributed by atoms with Gasteiger partial charge in [0, 0.05) is 86.9 Å². The van der Waals surface area contributed by atoms with Gasteiger partial charge in [-0.2, -0.15) is 0 Å². The Bertz CT molecular complexity index is 3090. The Morgan fingerprint density at radius 2 is 0.732 bits per heavy atom. The van der Waals surface area contributed by atoms with Gasteiger partial charge >= 0.3 is 18.2 Å². The molecule has 0 saturated heterocycles. The van der Waals surface area contributed by atoms with E-state index in [0.29, 0.717) is 51.2 Å². The number of aryl methyl sites for hydroxylation is 4. The van der Waals surface area contributed by atoms with Crippen LogP contribution in [-0.2, 0) is 37.7 Å². The number of nitrogens with two attached hydrogens (primary N) is 1. The molecule has 19 nitrogen and oxygen atoms in total. The van der Waals surface area contributed by atoms with Crippen LogP contribution in [0.1, 0.15) is 83.5 Å². The van der Waals surface area contributed by atoms with E-state index < -0.39 is 29.4 Å². The first kappa shape index (κ1) is 51.4. The molecule has 0 unspecified atom stereocenters. The quantitative estimate of drug-likeness (QED) is 0.0605. The van der Waals surface area contributed by atoms with Gasteiger partial charge in [0.2, 0.25) is 0 Å². The topological polar surface area (TPSA) is 247 Å². The molecule has 0 fully saturated rings. The molecule has 7 rings (SSSR count). The Hall–Kier alpha value is -9.00. The lowest BCUT2D eigenvalue weighted by molar-refractivity contribution is 0.0624. The van der Waals surface area contributed by atoms with Crippen molar-refractivity contribution in [1.29, 1.82) is 0 Å². The minimum atomic E-state index is -0.995. The SMILES string of the molecule is Cn1cc(-c2ccc(NC(=O)c3cc(NC(=O)OC(C)(C)C)cn3C)cc2)cc1C(=O)O.Cn1cc(NC(=O)OC(C)(C)C)cc1C(=O)Nc1ccc(-c2cc(C(=O)Nc3ccc(N)cc3)n(C)c2)cc1. The summed E-state index contributed by atoms with van der Waals surface area (Å²) in [6.07, 6.45) is 5.67. The van der Waals surface area contributed by atoms with Crippen molar-refractivity contribution >= 4 is 70.0 Å². The maximum atomic E-state index is 12.9. The number of hydrogen-bond acceptors (Lipinski definition) is 9. The third kappa shape index (κ3) is 14.0. The van der Waals surface area contributed by atoms with Crippen molar-refractivity contribution in [2.45, 2.75) is 52.7 Å². The van der Waals surface area contributed by atoms with E-state index in [9.17, 15) is 33.9 Å². The number of carbonyl (C=O) groups excluding carboxylic acids is 5. The molecule has 7 aromatic rings. The molecule has 5 amide bonds. The zero-order valence-corrected chi connectivity index (χ0v) is 41.1. The second kappa shape index (κ2) is 21.1. The van der Waals surface area contributed by atoms with Gasteiger partial charge < -0.3 is 54.5 Å². The second-order valence-electron chi connectivity index (χ2n) is 18.6. The van der Waals surface area contributed by atoms with Gasteiger partial charge in [0.15, 0.2) is 0 Å². The van der Waals surface area contributed by atoms with Gasteiger partial charge in [0.05, 0.1) is 11.4 Å². The van der Waals surface area contributed by atoms with Crippen LogP contribution < -0.4 is 32.3 Å². The predicted octanol–water partition coefficient (Wildman–Crippen LogP) is 9.79. The van der Waals surface area contributed by atoms with E-state index in [1.807, 2.05) is 31.4 Å². The molecule has 0 radical (unpaired) electrons. The first-order valence-electron chi connectivity index (χ1n) is 22.2. The molecule has 0 bridgehead atoms. The molecule has 0 aliphatic heterocycles. The summed E-state index contributed by atoms with van der Waals surface area (Å²) in [6, 6.07) is 27.9. The minimum Gasteiger partial charge on any atom is -0.477 e. The van der Waals surface area contributed by atoms with Crippen LogP contribution in [0.15, 0.2) is 122 Å². The molecular weight excluding hydrogens is 909 g/mol. The first-order valence-corrected chi connectivity index (χ1v) is 22.2. The fourth-order valence-corrected chi connectivity index (χ4v) is 7.09.